The predicted molar refractivity (Wildman–Crippen MR) is 303 cm³/mol. The van der Waals surface area contributed by atoms with Gasteiger partial charge in [0.25, 0.3) is 0 Å². The molecule has 4 heterocycles. The van der Waals surface area contributed by atoms with Crippen LogP contribution in [0.3, 0.4) is 0 Å². The number of benzene rings is 5. The SMILES string of the molecule is CCC(=O)N[C@H]1CN(C(=O)Nc2cccc(NC(=O)N3CC[C@H]4CC[C@@H](C(=O)NC(c5ccccc5)c5ccccc5)N4C(=O)[C@@H](NC(=O)[C@H](C)NC)C3)c2)CC[C@H]2CCC(C(=O)NC(c3ccccc3)c3ccccc3)N2C1=O. The van der Waals surface area contributed by atoms with Crippen LogP contribution in [0.25, 0.3) is 0 Å². The van der Waals surface area contributed by atoms with Crippen LogP contribution in [0.5, 0.6) is 0 Å². The zero-order valence-electron chi connectivity index (χ0n) is 45.4. The molecule has 19 heteroatoms. The molecule has 0 radical (unpaired) electrons. The molecule has 0 aliphatic carbocycles. The van der Waals surface area contributed by atoms with Gasteiger partial charge in [-0.2, -0.15) is 0 Å². The van der Waals surface area contributed by atoms with Crippen LogP contribution >= 0.6 is 0 Å². The molecule has 1 unspecified atom stereocenters. The molecule has 80 heavy (non-hydrogen) atoms. The van der Waals surface area contributed by atoms with Gasteiger partial charge in [-0.15, -0.1) is 0 Å². The first-order valence-electron chi connectivity index (χ1n) is 27.7. The van der Waals surface area contributed by atoms with E-state index in [0.717, 1.165) is 22.3 Å². The molecular weight excluding hydrogens is 1010 g/mol. The average molecular weight is 1090 g/mol. The second kappa shape index (κ2) is 25.9. The van der Waals surface area contributed by atoms with E-state index in [-0.39, 0.29) is 56.4 Å². The van der Waals surface area contributed by atoms with E-state index in [2.05, 4.69) is 37.2 Å². The second-order valence-electron chi connectivity index (χ2n) is 21.0. The highest BCUT2D eigenvalue weighted by Crippen LogP contribution is 2.34. The number of rotatable bonds is 15. The summed E-state index contributed by atoms with van der Waals surface area (Å²) < 4.78 is 0. The summed E-state index contributed by atoms with van der Waals surface area (Å²) in [7, 11) is 1.63. The first kappa shape index (κ1) is 56.2. The lowest BCUT2D eigenvalue weighted by molar-refractivity contribution is -0.144. The zero-order chi connectivity index (χ0) is 56.3. The van der Waals surface area contributed by atoms with Gasteiger partial charge in [0.1, 0.15) is 24.2 Å². The fourth-order valence-electron chi connectivity index (χ4n) is 11.4. The van der Waals surface area contributed by atoms with Gasteiger partial charge in [-0.1, -0.05) is 134 Å². The van der Waals surface area contributed by atoms with Crippen molar-refractivity contribution in [3.63, 3.8) is 0 Å². The summed E-state index contributed by atoms with van der Waals surface area (Å²) in [5.74, 6) is -2.37. The summed E-state index contributed by atoms with van der Waals surface area (Å²) in [4.78, 5) is 119. The number of fused-ring (bicyclic) bond motifs is 2. The van der Waals surface area contributed by atoms with E-state index in [1.807, 2.05) is 121 Å². The minimum Gasteiger partial charge on any atom is -0.343 e. The third-order valence-electron chi connectivity index (χ3n) is 15.8. The number of nitrogens with one attached hydrogen (secondary N) is 7. The van der Waals surface area contributed by atoms with Crippen LogP contribution in [-0.4, -0.2) is 143 Å². The number of nitrogens with zero attached hydrogens (tertiary/aromatic N) is 4. The molecule has 4 fully saturated rings. The van der Waals surface area contributed by atoms with Crippen LogP contribution in [-0.2, 0) is 28.8 Å². The molecule has 0 bridgehead atoms. The summed E-state index contributed by atoms with van der Waals surface area (Å²) in [6.45, 7) is 3.39. The van der Waals surface area contributed by atoms with Gasteiger partial charge < -0.3 is 56.8 Å². The lowest BCUT2D eigenvalue weighted by Gasteiger charge is -2.39. The van der Waals surface area contributed by atoms with Crippen molar-refractivity contribution in [3.05, 3.63) is 168 Å². The molecule has 5 aromatic rings. The van der Waals surface area contributed by atoms with Gasteiger partial charge in [0.2, 0.25) is 35.4 Å². The Hall–Kier alpha value is -8.58. The van der Waals surface area contributed by atoms with Gasteiger partial charge >= 0.3 is 12.1 Å². The normalized spacial score (nSPS) is 21.5. The number of anilines is 2. The number of carbonyl (C=O) groups excluding carboxylic acids is 8. The molecular formula is C61H71N11O8. The maximum absolute atomic E-state index is 14.8. The van der Waals surface area contributed by atoms with Gasteiger partial charge in [0.15, 0.2) is 0 Å². The molecule has 9 rings (SSSR count). The highest BCUT2D eigenvalue weighted by Gasteiger charge is 2.48. The minimum atomic E-state index is -1.19. The standard InChI is InChI=1S/C61H71N11O8/c1-4-52(73)65-48-37-69(34-32-46-28-30-50(71(46)58(48)77)56(75)67-53(40-18-9-5-10-19-40)41-20-11-6-12-21-41)60(79)63-44-26-17-27-45(36-44)64-61(80)70-35-33-47-29-31-51(72(47)59(78)49(38-70)66-55(74)39(2)62-3)57(76)68-54(42-22-13-7-14-23-42)43-24-15-8-16-25-43/h5-27,36,39,46-51,53-54,62H,4,28-35,37-38H2,1-3H3,(H,63,79)(H,64,80)(H,65,73)(H,66,74)(H,67,75)(H,68,76)/t39-,46+,47+,48-,49-,50?,51-/m0/s1. The van der Waals surface area contributed by atoms with Crippen molar-refractivity contribution in [1.29, 1.82) is 0 Å². The fraction of sp³-hybridized carbons (Fsp3) is 0.377. The number of amides is 10. The third-order valence-corrected chi connectivity index (χ3v) is 15.8. The Morgan fingerprint density at radius 3 is 1.27 bits per heavy atom. The van der Waals surface area contributed by atoms with Crippen LogP contribution in [0, 0.1) is 0 Å². The lowest BCUT2D eigenvalue weighted by atomic mass is 9.98. The second-order valence-corrected chi connectivity index (χ2v) is 21.0. The Bertz CT molecular complexity index is 2930. The van der Waals surface area contributed by atoms with E-state index in [1.54, 1.807) is 55.0 Å². The summed E-state index contributed by atoms with van der Waals surface area (Å²) in [6, 6.07) is 37.7. The fourth-order valence-corrected chi connectivity index (χ4v) is 11.4. The molecule has 4 aliphatic rings. The first-order chi connectivity index (χ1) is 38.8. The van der Waals surface area contributed by atoms with E-state index >= 15 is 0 Å². The van der Waals surface area contributed by atoms with Crippen molar-refractivity contribution in [3.8, 4) is 0 Å². The highest BCUT2D eigenvalue weighted by atomic mass is 16.2. The molecule has 5 aromatic carbocycles. The van der Waals surface area contributed by atoms with Crippen LogP contribution < -0.4 is 37.2 Å². The number of urea groups is 2. The zero-order valence-corrected chi connectivity index (χ0v) is 45.4. The minimum absolute atomic E-state index is 0.0972. The lowest BCUT2D eigenvalue weighted by Crippen LogP contribution is -2.62. The highest BCUT2D eigenvalue weighted by molar-refractivity contribution is 5.97. The molecule has 7 atom stereocenters. The Morgan fingerprint density at radius 2 is 0.900 bits per heavy atom. The van der Waals surface area contributed by atoms with Gasteiger partial charge in [-0.3, -0.25) is 28.8 Å². The molecule has 0 spiro atoms. The van der Waals surface area contributed by atoms with Crippen LogP contribution in [0.2, 0.25) is 0 Å². The van der Waals surface area contributed by atoms with Crippen molar-refractivity contribution < 1.29 is 38.4 Å². The van der Waals surface area contributed by atoms with Crippen molar-refractivity contribution in [2.45, 2.75) is 113 Å². The number of likely N-dealkylation sites (N-methyl/N-ethyl adjacent to an activating group) is 1. The van der Waals surface area contributed by atoms with Gasteiger partial charge in [0.05, 0.1) is 31.2 Å². The molecule has 19 nitrogen and oxygen atoms in total. The largest absolute Gasteiger partial charge is 0.343 e. The number of hydrogen-bond acceptors (Lipinski definition) is 9. The van der Waals surface area contributed by atoms with Crippen LogP contribution in [0.15, 0.2) is 146 Å². The Labute approximate surface area is 466 Å². The summed E-state index contributed by atoms with van der Waals surface area (Å²) in [5.41, 5.74) is 4.22. The summed E-state index contributed by atoms with van der Waals surface area (Å²) in [5, 5.41) is 20.9. The quantitative estimate of drug-likeness (QED) is 0.0683. The Morgan fingerprint density at radius 1 is 0.512 bits per heavy atom. The molecule has 7 N–H and O–H groups in total. The van der Waals surface area contributed by atoms with Gasteiger partial charge in [-0.05, 0) is 92.9 Å². The van der Waals surface area contributed by atoms with Gasteiger partial charge in [-0.25, -0.2) is 9.59 Å². The van der Waals surface area contributed by atoms with Crippen LogP contribution in [0.1, 0.15) is 93.1 Å². The molecule has 4 aliphatic heterocycles. The summed E-state index contributed by atoms with van der Waals surface area (Å²) in [6.07, 6.45) is 2.68. The van der Waals surface area contributed by atoms with Crippen molar-refractivity contribution in [2.24, 2.45) is 0 Å². The van der Waals surface area contributed by atoms with E-state index < -0.39 is 78.1 Å². The Kier molecular flexibility index (Phi) is 18.2. The monoisotopic (exact) mass is 1090 g/mol. The maximum atomic E-state index is 14.8. The van der Waals surface area contributed by atoms with E-state index in [0.29, 0.717) is 49.9 Å². The van der Waals surface area contributed by atoms with E-state index in [9.17, 15) is 38.4 Å². The van der Waals surface area contributed by atoms with Crippen LogP contribution in [0.4, 0.5) is 21.0 Å². The maximum Gasteiger partial charge on any atom is 0.321 e. The van der Waals surface area contributed by atoms with Gasteiger partial charge in [0, 0.05) is 43.0 Å². The predicted octanol–water partition coefficient (Wildman–Crippen LogP) is 5.68. The third kappa shape index (κ3) is 13.1. The van der Waals surface area contributed by atoms with E-state index in [4.69, 9.17) is 0 Å². The average Bonchev–Trinajstić information content (AvgIpc) is 4.14. The first-order valence-corrected chi connectivity index (χ1v) is 27.7. The molecule has 0 saturated carbocycles. The number of carbonyl (C=O) groups is 8. The van der Waals surface area contributed by atoms with Crippen molar-refractivity contribution >= 4 is 58.9 Å². The van der Waals surface area contributed by atoms with E-state index in [1.165, 1.54) is 9.80 Å². The smallest absolute Gasteiger partial charge is 0.321 e. The Balaban J connectivity index is 0.865. The number of hydrogen-bond donors (Lipinski definition) is 7. The molecule has 0 aromatic heterocycles. The van der Waals surface area contributed by atoms with Crippen molar-refractivity contribution in [1.82, 2.24) is 46.2 Å². The molecule has 10 amide bonds. The molecule has 418 valence electrons. The topological polar surface area (TPSA) is 234 Å². The summed E-state index contributed by atoms with van der Waals surface area (Å²) >= 11 is 0. The molecule has 4 saturated heterocycles. The van der Waals surface area contributed by atoms with Crippen molar-refractivity contribution in [2.75, 3.05) is 43.9 Å².